The summed E-state index contributed by atoms with van der Waals surface area (Å²) in [6.45, 7) is 1.04. The van der Waals surface area contributed by atoms with Crippen LogP contribution >= 0.6 is 0 Å². The molecule has 0 unspecified atom stereocenters. The molecule has 1 fully saturated rings. The minimum atomic E-state index is 0.336. The monoisotopic (exact) mass is 239 g/mol. The van der Waals surface area contributed by atoms with Crippen LogP contribution in [0.4, 0.5) is 11.4 Å². The Morgan fingerprint density at radius 3 is 2.83 bits per heavy atom. The highest BCUT2D eigenvalue weighted by Crippen LogP contribution is 2.43. The van der Waals surface area contributed by atoms with E-state index in [2.05, 4.69) is 33.8 Å². The summed E-state index contributed by atoms with van der Waals surface area (Å²) in [5.41, 5.74) is 3.81. The van der Waals surface area contributed by atoms with Gasteiger partial charge in [0.15, 0.2) is 0 Å². The van der Waals surface area contributed by atoms with Gasteiger partial charge in [0, 0.05) is 17.5 Å². The lowest BCUT2D eigenvalue weighted by Gasteiger charge is -2.42. The summed E-state index contributed by atoms with van der Waals surface area (Å²) in [6.07, 6.45) is 7.11. The topological polar surface area (TPSA) is 37.0 Å². The molecule has 0 radical (unpaired) electrons. The van der Waals surface area contributed by atoms with Crippen molar-refractivity contribution in [2.24, 2.45) is 0 Å². The first-order chi connectivity index (χ1) is 8.86. The first-order valence-corrected chi connectivity index (χ1v) is 6.76. The Hall–Kier alpha value is -1.77. The largest absolute Gasteiger partial charge is 0.382 e. The van der Waals surface area contributed by atoms with Crippen molar-refractivity contribution in [1.82, 2.24) is 4.98 Å². The molecule has 3 nitrogen and oxygen atoms in total. The van der Waals surface area contributed by atoms with E-state index in [-0.39, 0.29) is 0 Å². The molecule has 0 bridgehead atoms. The zero-order valence-corrected chi connectivity index (χ0v) is 10.4. The Balaban J connectivity index is 1.90. The maximum atomic E-state index is 4.53. The summed E-state index contributed by atoms with van der Waals surface area (Å²) < 4.78 is 0. The van der Waals surface area contributed by atoms with E-state index in [1.165, 1.54) is 36.8 Å². The van der Waals surface area contributed by atoms with Crippen molar-refractivity contribution in [1.29, 1.82) is 0 Å². The summed E-state index contributed by atoms with van der Waals surface area (Å²) in [5, 5.41) is 8.56. The van der Waals surface area contributed by atoms with Crippen LogP contribution in [-0.2, 0) is 0 Å². The third-order valence-corrected chi connectivity index (χ3v) is 4.40. The van der Waals surface area contributed by atoms with Gasteiger partial charge in [-0.3, -0.25) is 4.98 Å². The molecule has 3 heteroatoms. The molecule has 1 saturated carbocycles. The zero-order valence-electron chi connectivity index (χ0n) is 10.4. The van der Waals surface area contributed by atoms with Crippen LogP contribution in [0.25, 0.3) is 10.9 Å². The molecule has 0 saturated heterocycles. The van der Waals surface area contributed by atoms with Crippen molar-refractivity contribution >= 4 is 22.3 Å². The zero-order chi connectivity index (χ0) is 12.0. The van der Waals surface area contributed by atoms with Crippen molar-refractivity contribution in [3.8, 4) is 0 Å². The number of nitrogens with zero attached hydrogens (tertiary/aromatic N) is 1. The molecular weight excluding hydrogens is 222 g/mol. The molecule has 0 amide bonds. The predicted molar refractivity (Wildman–Crippen MR) is 75.1 cm³/mol. The second kappa shape index (κ2) is 3.61. The molecule has 2 aromatic rings. The van der Waals surface area contributed by atoms with Gasteiger partial charge in [0.25, 0.3) is 0 Å². The van der Waals surface area contributed by atoms with E-state index in [9.17, 15) is 0 Å². The molecule has 1 aromatic heterocycles. The summed E-state index contributed by atoms with van der Waals surface area (Å²) in [4.78, 5) is 4.53. The van der Waals surface area contributed by atoms with Crippen LogP contribution in [0.5, 0.6) is 0 Å². The number of pyridine rings is 1. The van der Waals surface area contributed by atoms with Gasteiger partial charge in [-0.1, -0.05) is 18.2 Å². The van der Waals surface area contributed by atoms with E-state index in [0.29, 0.717) is 5.54 Å². The molecule has 2 N–H and O–H groups in total. The number of benzene rings is 1. The summed E-state index contributed by atoms with van der Waals surface area (Å²) >= 11 is 0. The lowest BCUT2D eigenvalue weighted by atomic mass is 9.74. The quantitative estimate of drug-likeness (QED) is 0.740. The lowest BCUT2D eigenvalue weighted by molar-refractivity contribution is 0.268. The van der Waals surface area contributed by atoms with E-state index in [0.717, 1.165) is 17.7 Å². The molecule has 1 aliphatic heterocycles. The third-order valence-electron chi connectivity index (χ3n) is 4.40. The first kappa shape index (κ1) is 10.2. The van der Waals surface area contributed by atoms with Crippen molar-refractivity contribution < 1.29 is 0 Å². The van der Waals surface area contributed by atoms with Crippen molar-refractivity contribution in [2.75, 3.05) is 17.2 Å². The number of anilines is 2. The average Bonchev–Trinajstić information content (AvgIpc) is 2.57. The summed E-state index contributed by atoms with van der Waals surface area (Å²) in [7, 11) is 0. The molecular formula is C15H17N3. The van der Waals surface area contributed by atoms with E-state index in [1.54, 1.807) is 0 Å². The van der Waals surface area contributed by atoms with E-state index < -0.39 is 0 Å². The highest BCUT2D eigenvalue weighted by Gasteiger charge is 2.38. The molecule has 2 aliphatic rings. The lowest BCUT2D eigenvalue weighted by Crippen LogP contribution is -2.45. The Bertz CT molecular complexity index is 602. The standard InChI is InChI=1S/C15H17N3/c1-2-5-12-11(4-1)14-13(10-17-12)16-9-8-15(18-14)6-3-7-15/h1-2,4-5,10,16,18H,3,6-9H2. The highest BCUT2D eigenvalue weighted by molar-refractivity contribution is 5.98. The van der Waals surface area contributed by atoms with Crippen LogP contribution in [0.2, 0.25) is 0 Å². The van der Waals surface area contributed by atoms with Gasteiger partial charge in [-0.25, -0.2) is 0 Å². The van der Waals surface area contributed by atoms with E-state index >= 15 is 0 Å². The number of para-hydroxylation sites is 1. The van der Waals surface area contributed by atoms with Crippen LogP contribution in [0.1, 0.15) is 25.7 Å². The number of nitrogens with one attached hydrogen (secondary N) is 2. The smallest absolute Gasteiger partial charge is 0.0769 e. The molecule has 18 heavy (non-hydrogen) atoms. The van der Waals surface area contributed by atoms with Crippen molar-refractivity contribution in [3.63, 3.8) is 0 Å². The van der Waals surface area contributed by atoms with Gasteiger partial charge in [0.05, 0.1) is 23.1 Å². The highest BCUT2D eigenvalue weighted by atomic mass is 15.1. The van der Waals surface area contributed by atoms with Crippen LogP contribution in [0.15, 0.2) is 30.5 Å². The Morgan fingerprint density at radius 2 is 2.00 bits per heavy atom. The van der Waals surface area contributed by atoms with Gasteiger partial charge in [0.2, 0.25) is 0 Å². The maximum Gasteiger partial charge on any atom is 0.0769 e. The molecule has 2 heterocycles. The van der Waals surface area contributed by atoms with Crippen LogP contribution in [0, 0.1) is 0 Å². The van der Waals surface area contributed by atoms with Crippen LogP contribution < -0.4 is 10.6 Å². The maximum absolute atomic E-state index is 4.53. The number of hydrogen-bond acceptors (Lipinski definition) is 3. The van der Waals surface area contributed by atoms with Crippen molar-refractivity contribution in [2.45, 2.75) is 31.2 Å². The third kappa shape index (κ3) is 1.40. The number of hydrogen-bond donors (Lipinski definition) is 2. The minimum Gasteiger partial charge on any atom is -0.382 e. The normalized spacial score (nSPS) is 20.4. The van der Waals surface area contributed by atoms with Gasteiger partial charge in [-0.2, -0.15) is 0 Å². The number of fused-ring (bicyclic) bond motifs is 3. The Morgan fingerprint density at radius 1 is 1.11 bits per heavy atom. The van der Waals surface area contributed by atoms with Gasteiger partial charge < -0.3 is 10.6 Å². The Labute approximate surface area is 107 Å². The second-order valence-corrected chi connectivity index (χ2v) is 5.50. The fourth-order valence-electron chi connectivity index (χ4n) is 3.15. The Kier molecular flexibility index (Phi) is 2.04. The van der Waals surface area contributed by atoms with Gasteiger partial charge in [0.1, 0.15) is 0 Å². The molecule has 92 valence electrons. The molecule has 4 rings (SSSR count). The van der Waals surface area contributed by atoms with E-state index in [4.69, 9.17) is 0 Å². The average molecular weight is 239 g/mol. The molecule has 0 atom stereocenters. The van der Waals surface area contributed by atoms with Crippen LogP contribution in [-0.4, -0.2) is 17.1 Å². The fraction of sp³-hybridized carbons (Fsp3) is 0.400. The summed E-state index contributed by atoms with van der Waals surface area (Å²) in [5.74, 6) is 0. The SMILES string of the molecule is c1ccc2c3c(cnc2c1)NCCC1(CCC1)N3. The number of rotatable bonds is 0. The van der Waals surface area contributed by atoms with Crippen LogP contribution in [0.3, 0.4) is 0 Å². The van der Waals surface area contributed by atoms with Gasteiger partial charge in [-0.15, -0.1) is 0 Å². The summed E-state index contributed by atoms with van der Waals surface area (Å²) in [6, 6.07) is 8.37. The molecule has 1 spiro atoms. The van der Waals surface area contributed by atoms with Crippen molar-refractivity contribution in [3.05, 3.63) is 30.5 Å². The fourth-order valence-corrected chi connectivity index (χ4v) is 3.15. The first-order valence-electron chi connectivity index (χ1n) is 6.76. The number of aromatic nitrogens is 1. The van der Waals surface area contributed by atoms with E-state index in [1.807, 2.05) is 12.3 Å². The second-order valence-electron chi connectivity index (χ2n) is 5.50. The molecule has 1 aromatic carbocycles. The van der Waals surface area contributed by atoms with Gasteiger partial charge >= 0.3 is 0 Å². The minimum absolute atomic E-state index is 0.336. The molecule has 1 aliphatic carbocycles. The predicted octanol–water partition coefficient (Wildman–Crippen LogP) is 3.39. The van der Waals surface area contributed by atoms with Gasteiger partial charge in [-0.05, 0) is 31.7 Å².